The van der Waals surface area contributed by atoms with Crippen LogP contribution >= 0.6 is 0 Å². The van der Waals surface area contributed by atoms with E-state index in [-0.39, 0.29) is 10.7 Å². The number of anilines is 1. The van der Waals surface area contributed by atoms with Crippen molar-refractivity contribution in [3.8, 4) is 33.6 Å². The molecule has 1 aliphatic rings. The third kappa shape index (κ3) is 3.31. The zero-order valence-corrected chi connectivity index (χ0v) is 16.6. The van der Waals surface area contributed by atoms with Crippen molar-refractivity contribution in [1.82, 2.24) is 9.97 Å². The lowest BCUT2D eigenvalue weighted by molar-refractivity contribution is 0.595. The molecule has 3 heterocycles. The van der Waals surface area contributed by atoms with Crippen LogP contribution in [0.15, 0.2) is 71.9 Å². The van der Waals surface area contributed by atoms with Crippen LogP contribution in [0.3, 0.4) is 0 Å². The standard InChI is InChI=1S/C23H17F2N3OS/c24-17-3-1-15(2-4-17)22-18(14-5-7-26-8-6-14)13-20(28-22)16-11-19(25)23-21(12-16)27-9-10-30(23)29/h1-8,11-13,27-28H,9-10H2. The van der Waals surface area contributed by atoms with Crippen molar-refractivity contribution >= 4 is 16.5 Å². The van der Waals surface area contributed by atoms with Crippen LogP contribution in [0.2, 0.25) is 0 Å². The van der Waals surface area contributed by atoms with Crippen LogP contribution in [0.25, 0.3) is 33.6 Å². The second kappa shape index (κ2) is 7.50. The number of hydrogen-bond acceptors (Lipinski definition) is 3. The molecule has 0 saturated carbocycles. The fourth-order valence-corrected chi connectivity index (χ4v) is 4.85. The second-order valence-corrected chi connectivity index (χ2v) is 8.53. The Kier molecular flexibility index (Phi) is 4.67. The predicted molar refractivity (Wildman–Crippen MR) is 115 cm³/mol. The van der Waals surface area contributed by atoms with Gasteiger partial charge < -0.3 is 10.3 Å². The van der Waals surface area contributed by atoms with Gasteiger partial charge in [0.05, 0.1) is 27.1 Å². The normalized spacial score (nSPS) is 15.5. The van der Waals surface area contributed by atoms with Crippen molar-refractivity contribution in [3.63, 3.8) is 0 Å². The first kappa shape index (κ1) is 18.7. The van der Waals surface area contributed by atoms with Gasteiger partial charge in [-0.1, -0.05) is 0 Å². The summed E-state index contributed by atoms with van der Waals surface area (Å²) in [6.07, 6.45) is 3.41. The van der Waals surface area contributed by atoms with Crippen molar-refractivity contribution in [3.05, 3.63) is 78.6 Å². The van der Waals surface area contributed by atoms with Gasteiger partial charge in [0.1, 0.15) is 11.6 Å². The van der Waals surface area contributed by atoms with E-state index in [9.17, 15) is 13.0 Å². The average Bonchev–Trinajstić information content (AvgIpc) is 3.20. The molecule has 2 N–H and O–H groups in total. The van der Waals surface area contributed by atoms with Gasteiger partial charge in [-0.15, -0.1) is 0 Å². The van der Waals surface area contributed by atoms with Gasteiger partial charge in [0.2, 0.25) is 0 Å². The van der Waals surface area contributed by atoms with E-state index in [0.717, 1.165) is 22.4 Å². The zero-order valence-electron chi connectivity index (χ0n) is 15.8. The van der Waals surface area contributed by atoms with Crippen LogP contribution in [0.5, 0.6) is 0 Å². The van der Waals surface area contributed by atoms with Crippen LogP contribution < -0.4 is 5.32 Å². The van der Waals surface area contributed by atoms with E-state index < -0.39 is 16.6 Å². The predicted octanol–water partition coefficient (Wildman–Crippen LogP) is 5.22. The first-order valence-corrected chi connectivity index (χ1v) is 10.8. The van der Waals surface area contributed by atoms with Gasteiger partial charge >= 0.3 is 0 Å². The highest BCUT2D eigenvalue weighted by Crippen LogP contribution is 2.38. The zero-order chi connectivity index (χ0) is 20.7. The van der Waals surface area contributed by atoms with Gasteiger partial charge in [-0.25, -0.2) is 8.78 Å². The molecule has 4 nitrogen and oxygen atoms in total. The van der Waals surface area contributed by atoms with Crippen LogP contribution in [0.1, 0.15) is 0 Å². The van der Waals surface area contributed by atoms with Crippen LogP contribution in [-0.4, -0.2) is 26.5 Å². The molecule has 150 valence electrons. The molecule has 7 heteroatoms. The molecule has 0 aliphatic carbocycles. The number of hydrogen-bond donors (Lipinski definition) is 2. The molecule has 1 atom stereocenters. The Bertz CT molecular complexity index is 1250. The summed E-state index contributed by atoms with van der Waals surface area (Å²) >= 11 is 0. The van der Waals surface area contributed by atoms with Crippen molar-refractivity contribution in [1.29, 1.82) is 0 Å². The molecule has 0 spiro atoms. The Labute approximate surface area is 174 Å². The number of H-pyrrole nitrogens is 1. The Morgan fingerprint density at radius 2 is 1.67 bits per heavy atom. The molecule has 0 radical (unpaired) electrons. The number of halogens is 2. The van der Waals surface area contributed by atoms with Gasteiger partial charge in [0, 0.05) is 41.5 Å². The Hall–Kier alpha value is -3.32. The first-order valence-electron chi connectivity index (χ1n) is 9.45. The van der Waals surface area contributed by atoms with Gasteiger partial charge in [-0.05, 0) is 65.7 Å². The third-order valence-electron chi connectivity index (χ3n) is 5.13. The van der Waals surface area contributed by atoms with E-state index >= 15 is 0 Å². The maximum absolute atomic E-state index is 14.8. The van der Waals surface area contributed by atoms with Crippen molar-refractivity contribution in [2.45, 2.75) is 4.90 Å². The highest BCUT2D eigenvalue weighted by atomic mass is 32.2. The molecular formula is C23H17F2N3OS. The first-order chi connectivity index (χ1) is 14.6. The van der Waals surface area contributed by atoms with E-state index in [1.165, 1.54) is 18.2 Å². The van der Waals surface area contributed by atoms with Crippen LogP contribution in [-0.2, 0) is 10.8 Å². The van der Waals surface area contributed by atoms with Gasteiger partial charge in [0.15, 0.2) is 0 Å². The molecular weight excluding hydrogens is 404 g/mol. The van der Waals surface area contributed by atoms with Crippen molar-refractivity contribution in [2.24, 2.45) is 0 Å². The summed E-state index contributed by atoms with van der Waals surface area (Å²) in [5, 5.41) is 3.14. The number of pyridine rings is 1. The summed E-state index contributed by atoms with van der Waals surface area (Å²) in [6.45, 7) is 0.538. The lowest BCUT2D eigenvalue weighted by Crippen LogP contribution is -2.20. The summed E-state index contributed by atoms with van der Waals surface area (Å²) < 4.78 is 40.4. The van der Waals surface area contributed by atoms with E-state index in [1.807, 2.05) is 24.3 Å². The minimum atomic E-state index is -1.34. The smallest absolute Gasteiger partial charge is 0.142 e. The highest BCUT2D eigenvalue weighted by Gasteiger charge is 2.22. The number of nitrogens with one attached hydrogen (secondary N) is 2. The SMILES string of the molecule is O=S1CCNc2cc(-c3cc(-c4ccncc4)c(-c4ccc(F)cc4)[nH]3)cc(F)c21. The molecule has 2 aromatic heterocycles. The molecule has 1 aliphatic heterocycles. The van der Waals surface area contributed by atoms with Crippen LogP contribution in [0.4, 0.5) is 14.5 Å². The van der Waals surface area contributed by atoms with E-state index in [2.05, 4.69) is 15.3 Å². The Morgan fingerprint density at radius 3 is 2.43 bits per heavy atom. The van der Waals surface area contributed by atoms with Gasteiger partial charge in [0.25, 0.3) is 0 Å². The Balaban J connectivity index is 1.68. The maximum atomic E-state index is 14.8. The monoisotopic (exact) mass is 421 g/mol. The van der Waals surface area contributed by atoms with E-state index in [4.69, 9.17) is 0 Å². The quantitative estimate of drug-likeness (QED) is 0.477. The Morgan fingerprint density at radius 1 is 0.900 bits per heavy atom. The van der Waals surface area contributed by atoms with E-state index in [1.54, 1.807) is 24.5 Å². The number of nitrogens with zero attached hydrogens (tertiary/aromatic N) is 1. The molecule has 4 aromatic rings. The van der Waals surface area contributed by atoms with Gasteiger partial charge in [-0.3, -0.25) is 9.19 Å². The molecule has 1 unspecified atom stereocenters. The lowest BCUT2D eigenvalue weighted by atomic mass is 10.0. The number of rotatable bonds is 3. The molecule has 30 heavy (non-hydrogen) atoms. The summed E-state index contributed by atoms with van der Waals surface area (Å²) in [5.41, 5.74) is 5.34. The number of benzene rings is 2. The minimum absolute atomic E-state index is 0.227. The molecule has 5 rings (SSSR count). The van der Waals surface area contributed by atoms with Crippen molar-refractivity contribution < 1.29 is 13.0 Å². The molecule has 0 fully saturated rings. The fourth-order valence-electron chi connectivity index (χ4n) is 3.71. The molecule has 0 saturated heterocycles. The van der Waals surface area contributed by atoms with Gasteiger partial charge in [-0.2, -0.15) is 0 Å². The van der Waals surface area contributed by atoms with E-state index in [0.29, 0.717) is 29.2 Å². The third-order valence-corrected chi connectivity index (χ3v) is 6.57. The minimum Gasteiger partial charge on any atom is -0.383 e. The molecule has 0 bridgehead atoms. The molecule has 0 amide bonds. The average molecular weight is 421 g/mol. The summed E-state index contributed by atoms with van der Waals surface area (Å²) in [5.74, 6) is -0.407. The summed E-state index contributed by atoms with van der Waals surface area (Å²) in [6, 6.07) is 15.1. The maximum Gasteiger partial charge on any atom is 0.142 e. The van der Waals surface area contributed by atoms with Crippen LogP contribution in [0, 0.1) is 11.6 Å². The van der Waals surface area contributed by atoms with Crippen molar-refractivity contribution in [2.75, 3.05) is 17.6 Å². The summed E-state index contributed by atoms with van der Waals surface area (Å²) in [7, 11) is -1.34. The molecule has 2 aromatic carbocycles. The lowest BCUT2D eigenvalue weighted by Gasteiger charge is -2.19. The topological polar surface area (TPSA) is 57.8 Å². The number of aromatic amines is 1. The number of fused-ring (bicyclic) bond motifs is 1. The summed E-state index contributed by atoms with van der Waals surface area (Å²) in [4.78, 5) is 7.66. The second-order valence-electron chi connectivity index (χ2n) is 7.03. The fraction of sp³-hybridized carbons (Fsp3) is 0.0870. The number of aromatic nitrogens is 2. The largest absolute Gasteiger partial charge is 0.383 e. The highest BCUT2D eigenvalue weighted by molar-refractivity contribution is 7.85.